The maximum Gasteiger partial charge on any atom is 0.198 e. The Labute approximate surface area is 196 Å². The van der Waals surface area contributed by atoms with E-state index in [0.717, 1.165) is 0 Å². The zero-order valence-corrected chi connectivity index (χ0v) is 20.1. The molecule has 176 valence electrons. The van der Waals surface area contributed by atoms with Crippen LogP contribution in [0.15, 0.2) is 23.8 Å². The predicted molar refractivity (Wildman–Crippen MR) is 116 cm³/mol. The van der Waals surface area contributed by atoms with Crippen LogP contribution in [-0.4, -0.2) is 52.2 Å². The molecule has 4 fully saturated rings. The van der Waals surface area contributed by atoms with Crippen LogP contribution in [0.5, 0.6) is 0 Å². The van der Waals surface area contributed by atoms with Crippen LogP contribution < -0.4 is 0 Å². The highest BCUT2D eigenvalue weighted by atomic mass is 35.5. The number of carbonyl (C=O) groups is 2. The van der Waals surface area contributed by atoms with Gasteiger partial charge >= 0.3 is 0 Å². The third-order valence-corrected chi connectivity index (χ3v) is 10.7. The standard InChI is InChI=1S/C24H28Cl2F2O4/c1-20(2)31-19-9-13-14-8-16(28)15-7-12(29)5-6-21(15,3)23(14,26)17(25)10-22(13,4)24(19,32-20)18(30)11-27/h5-7,13-14,16-17,19H,8-11H2,1-4H3/t13-,14-,16-,17-,19+,21-,22-,23-,24+/m0/s1. The van der Waals surface area contributed by atoms with E-state index < -0.39 is 63.1 Å². The van der Waals surface area contributed by atoms with Crippen molar-refractivity contribution in [3.05, 3.63) is 23.8 Å². The van der Waals surface area contributed by atoms with Crippen LogP contribution >= 0.6 is 23.2 Å². The summed E-state index contributed by atoms with van der Waals surface area (Å²) in [6, 6.07) is 0. The molecule has 8 heteroatoms. The third-order valence-electron chi connectivity index (χ3n) is 9.11. The third kappa shape index (κ3) is 2.45. The van der Waals surface area contributed by atoms with E-state index in [9.17, 15) is 14.0 Å². The maximum absolute atomic E-state index is 15.6. The van der Waals surface area contributed by atoms with Crippen LogP contribution in [0, 0.1) is 22.7 Å². The highest BCUT2D eigenvalue weighted by Crippen LogP contribution is 2.73. The summed E-state index contributed by atoms with van der Waals surface area (Å²) in [6.45, 7) is 5.97. The molecule has 0 aromatic heterocycles. The van der Waals surface area contributed by atoms with Gasteiger partial charge in [-0.2, -0.15) is 0 Å². The number of hydrogen-bond acceptors (Lipinski definition) is 4. The Morgan fingerprint density at radius 2 is 1.91 bits per heavy atom. The normalized spacial score (nSPS) is 53.2. The maximum atomic E-state index is 15.6. The first-order valence-electron chi connectivity index (χ1n) is 11.2. The topological polar surface area (TPSA) is 52.6 Å². The van der Waals surface area contributed by atoms with Crippen molar-refractivity contribution in [2.24, 2.45) is 22.7 Å². The molecule has 32 heavy (non-hydrogen) atoms. The summed E-state index contributed by atoms with van der Waals surface area (Å²) in [4.78, 5) is 24.0. The van der Waals surface area contributed by atoms with Crippen LogP contribution in [-0.2, 0) is 19.1 Å². The molecule has 4 nitrogen and oxygen atoms in total. The van der Waals surface area contributed by atoms with Crippen molar-refractivity contribution >= 4 is 34.8 Å². The van der Waals surface area contributed by atoms with Crippen LogP contribution in [0.1, 0.15) is 47.0 Å². The van der Waals surface area contributed by atoms with E-state index in [-0.39, 0.29) is 24.5 Å². The van der Waals surface area contributed by atoms with Gasteiger partial charge in [-0.3, -0.25) is 9.59 Å². The van der Waals surface area contributed by atoms with Crippen molar-refractivity contribution in [3.8, 4) is 0 Å². The predicted octanol–water partition coefficient (Wildman–Crippen LogP) is 4.86. The van der Waals surface area contributed by atoms with Gasteiger partial charge in [0, 0.05) is 10.8 Å². The van der Waals surface area contributed by atoms with E-state index in [1.807, 2.05) is 13.8 Å². The molecular weight excluding hydrogens is 461 g/mol. The van der Waals surface area contributed by atoms with Crippen LogP contribution in [0.25, 0.3) is 0 Å². The molecule has 0 N–H and O–H groups in total. The average Bonchev–Trinajstić information content (AvgIpc) is 3.11. The van der Waals surface area contributed by atoms with E-state index in [2.05, 4.69) is 0 Å². The number of Topliss-reactive ketones (excluding diaryl/α,β-unsaturated/α-hetero) is 1. The Balaban J connectivity index is 1.66. The number of ketones is 2. The molecule has 4 aliphatic carbocycles. The molecule has 1 heterocycles. The summed E-state index contributed by atoms with van der Waals surface area (Å²) >= 11 is 14.5. The fourth-order valence-corrected chi connectivity index (χ4v) is 9.04. The number of alkyl halides is 4. The lowest BCUT2D eigenvalue weighted by Crippen LogP contribution is -2.69. The van der Waals surface area contributed by atoms with Crippen LogP contribution in [0.4, 0.5) is 8.78 Å². The Morgan fingerprint density at radius 3 is 2.56 bits per heavy atom. The second kappa shape index (κ2) is 6.65. The minimum Gasteiger partial charge on any atom is -0.344 e. The number of allylic oxidation sites excluding steroid dienone is 4. The molecule has 9 atom stereocenters. The van der Waals surface area contributed by atoms with Gasteiger partial charge in [-0.15, -0.1) is 23.2 Å². The van der Waals surface area contributed by atoms with Crippen molar-refractivity contribution < 1.29 is 27.8 Å². The van der Waals surface area contributed by atoms with Crippen molar-refractivity contribution in [1.29, 1.82) is 0 Å². The van der Waals surface area contributed by atoms with Gasteiger partial charge in [0.25, 0.3) is 0 Å². The minimum absolute atomic E-state index is 0.0749. The highest BCUT2D eigenvalue weighted by Gasteiger charge is 2.79. The lowest BCUT2D eigenvalue weighted by atomic mass is 9.46. The Kier molecular flexibility index (Phi) is 4.77. The lowest BCUT2D eigenvalue weighted by Gasteiger charge is -2.64. The molecule has 5 aliphatic rings. The summed E-state index contributed by atoms with van der Waals surface area (Å²) < 4.78 is 41.8. The van der Waals surface area contributed by atoms with Gasteiger partial charge in [0.05, 0.1) is 16.4 Å². The molecule has 5 rings (SSSR count). The highest BCUT2D eigenvalue weighted by molar-refractivity contribution is 6.34. The van der Waals surface area contributed by atoms with Gasteiger partial charge in [-0.1, -0.05) is 19.9 Å². The summed E-state index contributed by atoms with van der Waals surface area (Å²) in [7, 11) is 0. The van der Waals surface area contributed by atoms with E-state index in [1.165, 1.54) is 12.2 Å². The second-order valence-electron chi connectivity index (χ2n) is 10.9. The summed E-state index contributed by atoms with van der Waals surface area (Å²) in [6.07, 6.45) is 3.17. The zero-order chi connectivity index (χ0) is 23.5. The lowest BCUT2D eigenvalue weighted by molar-refractivity contribution is -0.213. The molecule has 0 aromatic rings. The van der Waals surface area contributed by atoms with Gasteiger partial charge < -0.3 is 9.47 Å². The largest absolute Gasteiger partial charge is 0.344 e. The number of rotatable bonds is 2. The quantitative estimate of drug-likeness (QED) is 0.520. The molecule has 0 bridgehead atoms. The fraction of sp³-hybridized carbons (Fsp3) is 0.750. The van der Waals surface area contributed by atoms with Crippen molar-refractivity contribution in [3.63, 3.8) is 0 Å². The summed E-state index contributed by atoms with van der Waals surface area (Å²) in [5.74, 6) is -2.67. The monoisotopic (exact) mass is 488 g/mol. The van der Waals surface area contributed by atoms with E-state index in [4.69, 9.17) is 32.7 Å². The first-order chi connectivity index (χ1) is 14.8. The zero-order valence-electron chi connectivity index (χ0n) is 18.6. The van der Waals surface area contributed by atoms with Gasteiger partial charge in [-0.25, -0.2) is 8.78 Å². The number of carbonyl (C=O) groups excluding carboxylic acids is 2. The van der Waals surface area contributed by atoms with Crippen LogP contribution in [0.2, 0.25) is 0 Å². The molecule has 1 saturated heterocycles. The van der Waals surface area contributed by atoms with Gasteiger partial charge in [-0.05, 0) is 62.7 Å². The first-order valence-corrected chi connectivity index (χ1v) is 12.0. The average molecular weight is 489 g/mol. The Morgan fingerprint density at radius 1 is 1.22 bits per heavy atom. The van der Waals surface area contributed by atoms with Crippen molar-refractivity contribution in [2.75, 3.05) is 6.67 Å². The van der Waals surface area contributed by atoms with Gasteiger partial charge in [0.2, 0.25) is 0 Å². The van der Waals surface area contributed by atoms with E-state index in [0.29, 0.717) is 12.0 Å². The Bertz CT molecular complexity index is 966. The Hall–Kier alpha value is -0.820. The minimum atomic E-state index is -1.50. The number of hydrogen-bond donors (Lipinski definition) is 0. The molecule has 0 aromatic carbocycles. The number of fused-ring (bicyclic) bond motifs is 7. The van der Waals surface area contributed by atoms with Crippen molar-refractivity contribution in [2.45, 2.75) is 80.9 Å². The summed E-state index contributed by atoms with van der Waals surface area (Å²) in [5, 5.41) is -0.676. The number of ether oxygens (including phenoxy) is 2. The molecule has 3 saturated carbocycles. The summed E-state index contributed by atoms with van der Waals surface area (Å²) in [5.41, 5.74) is -2.99. The van der Waals surface area contributed by atoms with E-state index in [1.54, 1.807) is 19.9 Å². The molecule has 1 aliphatic heterocycles. The first kappa shape index (κ1) is 22.9. The smallest absolute Gasteiger partial charge is 0.198 e. The molecule has 0 radical (unpaired) electrons. The second-order valence-corrected chi connectivity index (χ2v) is 12.1. The fourth-order valence-electron chi connectivity index (χ4n) is 7.84. The molecule has 0 spiro atoms. The molecule has 0 unspecified atom stereocenters. The molecular formula is C24H28Cl2F2O4. The van der Waals surface area contributed by atoms with Crippen molar-refractivity contribution in [1.82, 2.24) is 0 Å². The van der Waals surface area contributed by atoms with Crippen LogP contribution in [0.3, 0.4) is 0 Å². The number of halogens is 4. The van der Waals surface area contributed by atoms with E-state index >= 15 is 4.39 Å². The SMILES string of the molecule is CC1(C)O[C@@H]2C[C@H]3[C@@H]4C[C@H](F)C5=CC(=O)C=C[C@]5(C)[C@@]4(Cl)[C@@H](Cl)C[C@]3(C)[C@]2(C(=O)CF)O1. The molecule has 0 amide bonds. The van der Waals surface area contributed by atoms with Gasteiger partial charge in [0.1, 0.15) is 6.17 Å². The van der Waals surface area contributed by atoms with Gasteiger partial charge in [0.15, 0.2) is 29.6 Å².